The standard InChI is InChI=1S/C42H48Cl2N4O2/c1-39(2,3)31-17-25(18-32(37(31)49)40(4,5)6)23-45-47-35-15-13-27(43)21-29(35)30-22-28(44)14-16-36(30)48-46-24-26-19-33(41(7,8)9)38(50)34(20-26)42(10,11)12/h13-24H,1-12H3. The van der Waals surface area contributed by atoms with E-state index in [-0.39, 0.29) is 33.2 Å². The van der Waals surface area contributed by atoms with Gasteiger partial charge in [-0.25, -0.2) is 0 Å². The highest BCUT2D eigenvalue weighted by molar-refractivity contribution is 6.31. The lowest BCUT2D eigenvalue weighted by molar-refractivity contribution is -0.114. The second-order valence-corrected chi connectivity index (χ2v) is 17.8. The van der Waals surface area contributed by atoms with Crippen LogP contribution in [0.15, 0.2) is 127 Å². The van der Waals surface area contributed by atoms with Crippen molar-refractivity contribution in [3.8, 4) is 11.1 Å². The summed E-state index contributed by atoms with van der Waals surface area (Å²) in [7, 11) is 0. The topological polar surface area (TPSA) is 83.6 Å². The molecule has 0 aliphatic heterocycles. The average Bonchev–Trinajstić information content (AvgIpc) is 2.97. The van der Waals surface area contributed by atoms with Gasteiger partial charge in [-0.1, -0.05) is 106 Å². The van der Waals surface area contributed by atoms with Crippen LogP contribution in [0, 0.1) is 21.7 Å². The summed E-state index contributed by atoms with van der Waals surface area (Å²) in [5, 5.41) is 19.1. The van der Waals surface area contributed by atoms with Gasteiger partial charge in [-0.3, -0.25) is 9.59 Å². The van der Waals surface area contributed by atoms with E-state index in [0.717, 1.165) is 33.4 Å². The Kier molecular flexibility index (Phi) is 11.1. The van der Waals surface area contributed by atoms with Gasteiger partial charge < -0.3 is 0 Å². The molecule has 0 saturated carbocycles. The Morgan fingerprint density at radius 1 is 0.480 bits per heavy atom. The zero-order chi connectivity index (χ0) is 37.4. The highest BCUT2D eigenvalue weighted by Crippen LogP contribution is 2.42. The predicted molar refractivity (Wildman–Crippen MR) is 207 cm³/mol. The molecule has 0 bridgehead atoms. The quantitative estimate of drug-likeness (QED) is 0.289. The Hall–Kier alpha value is -4.00. The summed E-state index contributed by atoms with van der Waals surface area (Å²) >= 11 is 13.0. The zero-order valence-electron chi connectivity index (χ0n) is 31.3. The number of allylic oxidation sites excluding steroid dienone is 10. The number of Topliss-reactive ketones (excluding diaryl/α,β-unsaturated/α-hetero) is 2. The number of benzene rings is 2. The first-order valence-electron chi connectivity index (χ1n) is 16.8. The van der Waals surface area contributed by atoms with Crippen LogP contribution < -0.4 is 0 Å². The molecule has 4 rings (SSSR count). The molecular weight excluding hydrogens is 663 g/mol. The van der Waals surface area contributed by atoms with E-state index < -0.39 is 0 Å². The van der Waals surface area contributed by atoms with E-state index in [4.69, 9.17) is 23.2 Å². The molecule has 0 spiro atoms. The third-order valence-electron chi connectivity index (χ3n) is 8.41. The van der Waals surface area contributed by atoms with Gasteiger partial charge in [-0.15, -0.1) is 0 Å². The van der Waals surface area contributed by atoms with Crippen LogP contribution in [0.1, 0.15) is 83.1 Å². The highest BCUT2D eigenvalue weighted by atomic mass is 35.5. The van der Waals surface area contributed by atoms with E-state index in [2.05, 4.69) is 20.5 Å². The first-order chi connectivity index (χ1) is 23.0. The molecular formula is C42H48Cl2N4O2. The highest BCUT2D eigenvalue weighted by Gasteiger charge is 2.35. The number of rotatable bonds is 5. The summed E-state index contributed by atoms with van der Waals surface area (Å²) in [5.74, 6) is 0.122. The van der Waals surface area contributed by atoms with E-state index in [1.807, 2.05) is 107 Å². The molecule has 0 saturated heterocycles. The molecule has 50 heavy (non-hydrogen) atoms. The van der Waals surface area contributed by atoms with Gasteiger partial charge in [0.15, 0.2) is 11.6 Å². The number of hydrogen-bond acceptors (Lipinski definition) is 6. The summed E-state index contributed by atoms with van der Waals surface area (Å²) in [6, 6.07) is 10.7. The number of azo groups is 2. The van der Waals surface area contributed by atoms with E-state index in [1.54, 1.807) is 48.8 Å². The van der Waals surface area contributed by atoms with Gasteiger partial charge in [-0.2, -0.15) is 20.5 Å². The zero-order valence-corrected chi connectivity index (χ0v) is 32.8. The van der Waals surface area contributed by atoms with Gasteiger partial charge >= 0.3 is 0 Å². The minimum Gasteiger partial charge on any atom is -0.289 e. The molecule has 2 aliphatic carbocycles. The number of hydrogen-bond donors (Lipinski definition) is 0. The summed E-state index contributed by atoms with van der Waals surface area (Å²) in [4.78, 5) is 26.7. The van der Waals surface area contributed by atoms with Crippen LogP contribution in [0.5, 0.6) is 0 Å². The molecule has 2 aliphatic rings. The van der Waals surface area contributed by atoms with Crippen LogP contribution in [0.4, 0.5) is 11.4 Å². The van der Waals surface area contributed by atoms with Gasteiger partial charge in [0, 0.05) is 43.5 Å². The lowest BCUT2D eigenvalue weighted by atomic mass is 9.72. The lowest BCUT2D eigenvalue weighted by Gasteiger charge is -2.31. The number of ketones is 2. The van der Waals surface area contributed by atoms with Gasteiger partial charge in [0.25, 0.3) is 0 Å². The van der Waals surface area contributed by atoms with Gasteiger partial charge in [0.2, 0.25) is 0 Å². The summed E-state index contributed by atoms with van der Waals surface area (Å²) in [5.41, 5.74) is 5.64. The molecule has 262 valence electrons. The molecule has 6 nitrogen and oxygen atoms in total. The van der Waals surface area contributed by atoms with Crippen molar-refractivity contribution in [3.05, 3.63) is 117 Å². The number of carbonyl (C=O) groups is 2. The van der Waals surface area contributed by atoms with Crippen molar-refractivity contribution in [2.75, 3.05) is 0 Å². The van der Waals surface area contributed by atoms with Gasteiger partial charge in [0.05, 0.1) is 23.8 Å². The van der Waals surface area contributed by atoms with E-state index in [9.17, 15) is 9.59 Å². The first kappa shape index (κ1) is 38.8. The average molecular weight is 712 g/mol. The molecule has 0 radical (unpaired) electrons. The smallest absolute Gasteiger partial charge is 0.186 e. The summed E-state index contributed by atoms with van der Waals surface area (Å²) in [6.07, 6.45) is 10.9. The Bertz CT molecular complexity index is 1760. The summed E-state index contributed by atoms with van der Waals surface area (Å²) < 4.78 is 0. The number of nitrogens with zero attached hydrogens (tertiary/aromatic N) is 4. The van der Waals surface area contributed by atoms with Crippen LogP contribution >= 0.6 is 23.2 Å². The van der Waals surface area contributed by atoms with Gasteiger partial charge in [0.1, 0.15) is 0 Å². The summed E-state index contributed by atoms with van der Waals surface area (Å²) in [6.45, 7) is 24.4. The van der Waals surface area contributed by atoms with Crippen molar-refractivity contribution in [2.24, 2.45) is 42.1 Å². The van der Waals surface area contributed by atoms with Crippen LogP contribution in [0.25, 0.3) is 11.1 Å². The molecule has 2 aromatic carbocycles. The van der Waals surface area contributed by atoms with Crippen molar-refractivity contribution in [1.82, 2.24) is 0 Å². The first-order valence-corrected chi connectivity index (χ1v) is 17.5. The Morgan fingerprint density at radius 2 is 0.760 bits per heavy atom. The van der Waals surface area contributed by atoms with E-state index in [0.29, 0.717) is 32.5 Å². The van der Waals surface area contributed by atoms with Crippen LogP contribution in [-0.2, 0) is 9.59 Å². The maximum Gasteiger partial charge on any atom is 0.186 e. The number of carbonyl (C=O) groups excluding carboxylic acids is 2. The lowest BCUT2D eigenvalue weighted by Crippen LogP contribution is -2.27. The molecule has 0 fully saturated rings. The van der Waals surface area contributed by atoms with Crippen LogP contribution in [-0.4, -0.2) is 11.6 Å². The van der Waals surface area contributed by atoms with Crippen molar-refractivity contribution in [3.63, 3.8) is 0 Å². The maximum absolute atomic E-state index is 13.4. The van der Waals surface area contributed by atoms with Crippen LogP contribution in [0.2, 0.25) is 10.0 Å². The fourth-order valence-corrected chi connectivity index (χ4v) is 5.96. The monoisotopic (exact) mass is 710 g/mol. The Morgan fingerprint density at radius 3 is 1.02 bits per heavy atom. The SMILES string of the molecule is CC(C)(C)C1=CC(=CN=Nc2ccc(Cl)cc2-c2cc(Cl)ccc2N=NC=C2C=C(C(C)(C)C)C(=O)C(C(C)(C)C)=C2)C=C(C(C)(C)C)C1=O. The Labute approximate surface area is 307 Å². The third-order valence-corrected chi connectivity index (χ3v) is 8.88. The van der Waals surface area contributed by atoms with Crippen molar-refractivity contribution in [1.29, 1.82) is 0 Å². The molecule has 0 atom stereocenters. The normalized spacial score (nSPS) is 16.5. The van der Waals surface area contributed by atoms with Crippen molar-refractivity contribution >= 4 is 46.1 Å². The molecule has 2 aromatic rings. The largest absolute Gasteiger partial charge is 0.289 e. The van der Waals surface area contributed by atoms with E-state index >= 15 is 0 Å². The van der Waals surface area contributed by atoms with E-state index in [1.165, 1.54) is 0 Å². The molecule has 0 unspecified atom stereocenters. The molecule has 0 amide bonds. The molecule has 0 heterocycles. The fourth-order valence-electron chi connectivity index (χ4n) is 5.62. The van der Waals surface area contributed by atoms with Crippen LogP contribution in [0.3, 0.4) is 0 Å². The maximum atomic E-state index is 13.4. The third kappa shape index (κ3) is 9.21. The Balaban J connectivity index is 1.77. The number of halogens is 2. The second-order valence-electron chi connectivity index (χ2n) is 16.9. The van der Waals surface area contributed by atoms with Crippen molar-refractivity contribution < 1.29 is 9.59 Å². The molecule has 0 N–H and O–H groups in total. The minimum atomic E-state index is -0.334. The molecule has 8 heteroatoms. The minimum absolute atomic E-state index is 0.0608. The van der Waals surface area contributed by atoms with Crippen molar-refractivity contribution in [2.45, 2.75) is 83.1 Å². The predicted octanol–water partition coefficient (Wildman–Crippen LogP) is 13.7. The second kappa shape index (κ2) is 14.3. The fraction of sp³-hybridized carbons (Fsp3) is 0.381. The molecule has 0 aromatic heterocycles. The van der Waals surface area contributed by atoms with Gasteiger partial charge in [-0.05, 0) is 93.5 Å².